The highest BCUT2D eigenvalue weighted by Crippen LogP contribution is 2.27. The molecule has 0 unspecified atom stereocenters. The third-order valence-electron chi connectivity index (χ3n) is 3.46. The first-order chi connectivity index (χ1) is 11.8. The molecule has 6 nitrogen and oxygen atoms in total. The smallest absolute Gasteiger partial charge is 0.339 e. The fourth-order valence-corrected chi connectivity index (χ4v) is 2.67. The number of amides is 2. The van der Waals surface area contributed by atoms with Crippen LogP contribution in [0.5, 0.6) is 0 Å². The molecule has 0 atom stereocenters. The van der Waals surface area contributed by atoms with Crippen LogP contribution in [0.2, 0.25) is 5.02 Å². The quantitative estimate of drug-likeness (QED) is 0.649. The van der Waals surface area contributed by atoms with Gasteiger partial charge in [0.1, 0.15) is 0 Å². The van der Waals surface area contributed by atoms with E-state index in [0.29, 0.717) is 10.7 Å². The van der Waals surface area contributed by atoms with Crippen LogP contribution >= 0.6 is 11.6 Å². The molecular weight excluding hydrogens is 344 g/mol. The van der Waals surface area contributed by atoms with E-state index in [4.69, 9.17) is 11.6 Å². The van der Waals surface area contributed by atoms with Crippen LogP contribution in [0.3, 0.4) is 0 Å². The van der Waals surface area contributed by atoms with Crippen molar-refractivity contribution in [2.75, 3.05) is 17.7 Å². The predicted molar refractivity (Wildman–Crippen MR) is 96.0 cm³/mol. The van der Waals surface area contributed by atoms with Gasteiger partial charge >= 0.3 is 17.8 Å². The third-order valence-corrected chi connectivity index (χ3v) is 3.76. The molecule has 0 saturated carbocycles. The van der Waals surface area contributed by atoms with Gasteiger partial charge in [-0.3, -0.25) is 9.59 Å². The van der Waals surface area contributed by atoms with E-state index in [2.05, 4.69) is 15.4 Å². The van der Waals surface area contributed by atoms with Gasteiger partial charge in [-0.15, -0.1) is 0 Å². The maximum Gasteiger partial charge on any atom is 0.339 e. The van der Waals surface area contributed by atoms with Crippen LogP contribution in [0.4, 0.5) is 11.4 Å². The number of aryl methyl sites for hydroxylation is 2. The molecular formula is C18H17ClN2O4. The number of hydrogen-bond donors (Lipinski definition) is 2. The third kappa shape index (κ3) is 4.36. The average Bonchev–Trinajstić information content (AvgIpc) is 2.57. The highest BCUT2D eigenvalue weighted by molar-refractivity contribution is 6.45. The van der Waals surface area contributed by atoms with Crippen LogP contribution in [-0.4, -0.2) is 24.9 Å². The Morgan fingerprint density at radius 1 is 1.00 bits per heavy atom. The lowest BCUT2D eigenvalue weighted by molar-refractivity contribution is -0.133. The molecule has 0 spiro atoms. The number of carbonyl (C=O) groups excluding carboxylic acids is 3. The number of esters is 1. The van der Waals surface area contributed by atoms with E-state index < -0.39 is 17.8 Å². The van der Waals surface area contributed by atoms with Crippen molar-refractivity contribution in [2.45, 2.75) is 13.8 Å². The second-order valence-electron chi connectivity index (χ2n) is 5.38. The molecule has 0 radical (unpaired) electrons. The zero-order valence-corrected chi connectivity index (χ0v) is 14.7. The Morgan fingerprint density at radius 2 is 1.64 bits per heavy atom. The molecule has 2 rings (SSSR count). The molecule has 0 fully saturated rings. The summed E-state index contributed by atoms with van der Waals surface area (Å²) in [6, 6.07) is 9.76. The molecule has 0 heterocycles. The van der Waals surface area contributed by atoms with Gasteiger partial charge in [-0.1, -0.05) is 29.8 Å². The lowest BCUT2D eigenvalue weighted by atomic mass is 10.1. The number of ether oxygens (including phenoxy) is 1. The number of hydrogen-bond acceptors (Lipinski definition) is 4. The molecule has 130 valence electrons. The highest BCUT2D eigenvalue weighted by Gasteiger charge is 2.19. The van der Waals surface area contributed by atoms with Gasteiger partial charge in [0.05, 0.1) is 29.1 Å². The van der Waals surface area contributed by atoms with Crippen molar-refractivity contribution in [1.29, 1.82) is 0 Å². The van der Waals surface area contributed by atoms with Crippen LogP contribution in [-0.2, 0) is 14.3 Å². The van der Waals surface area contributed by atoms with E-state index in [1.807, 2.05) is 13.0 Å². The lowest BCUT2D eigenvalue weighted by Crippen LogP contribution is -2.30. The maximum atomic E-state index is 12.2. The molecule has 2 N–H and O–H groups in total. The Bertz CT molecular complexity index is 826. The van der Waals surface area contributed by atoms with E-state index in [1.165, 1.54) is 19.2 Å². The van der Waals surface area contributed by atoms with Crippen molar-refractivity contribution in [3.05, 3.63) is 58.1 Å². The summed E-state index contributed by atoms with van der Waals surface area (Å²) in [5.41, 5.74) is 2.38. The topological polar surface area (TPSA) is 84.5 Å². The Morgan fingerprint density at radius 3 is 2.28 bits per heavy atom. The first kappa shape index (κ1) is 18.5. The van der Waals surface area contributed by atoms with Crippen molar-refractivity contribution in [1.82, 2.24) is 0 Å². The fraction of sp³-hybridized carbons (Fsp3) is 0.167. The SMILES string of the molecule is COC(=O)c1ccccc1NC(=O)C(=O)Nc1c(C)cc(C)cc1Cl. The lowest BCUT2D eigenvalue weighted by Gasteiger charge is -2.12. The summed E-state index contributed by atoms with van der Waals surface area (Å²) >= 11 is 6.12. The summed E-state index contributed by atoms with van der Waals surface area (Å²) in [6.45, 7) is 3.65. The molecule has 7 heteroatoms. The summed E-state index contributed by atoms with van der Waals surface area (Å²) in [4.78, 5) is 36.0. The molecule has 2 amide bonds. The van der Waals surface area contributed by atoms with Crippen molar-refractivity contribution in [2.24, 2.45) is 0 Å². The number of rotatable bonds is 3. The number of carbonyl (C=O) groups is 3. The second kappa shape index (κ2) is 7.81. The number of methoxy groups -OCH3 is 1. The van der Waals surface area contributed by atoms with Crippen LogP contribution in [0, 0.1) is 13.8 Å². The van der Waals surface area contributed by atoms with Crippen molar-refractivity contribution < 1.29 is 19.1 Å². The Labute approximate surface area is 150 Å². The Kier molecular flexibility index (Phi) is 5.77. The molecule has 0 aliphatic heterocycles. The number of halogens is 1. The molecule has 0 aliphatic carbocycles. The molecule has 0 saturated heterocycles. The summed E-state index contributed by atoms with van der Waals surface area (Å²) in [5.74, 6) is -2.44. The zero-order chi connectivity index (χ0) is 18.6. The van der Waals surface area contributed by atoms with Crippen LogP contribution in [0.25, 0.3) is 0 Å². The molecule has 25 heavy (non-hydrogen) atoms. The van der Waals surface area contributed by atoms with Gasteiger partial charge in [0.15, 0.2) is 0 Å². The molecule has 0 bridgehead atoms. The first-order valence-corrected chi connectivity index (χ1v) is 7.77. The van der Waals surface area contributed by atoms with Gasteiger partial charge in [0, 0.05) is 0 Å². The van der Waals surface area contributed by atoms with Crippen LogP contribution in [0.1, 0.15) is 21.5 Å². The second-order valence-corrected chi connectivity index (χ2v) is 5.79. The summed E-state index contributed by atoms with van der Waals surface area (Å²) in [5, 5.41) is 5.23. The summed E-state index contributed by atoms with van der Waals surface area (Å²) in [7, 11) is 1.23. The van der Waals surface area contributed by atoms with Crippen molar-refractivity contribution in [3.8, 4) is 0 Å². The maximum absolute atomic E-state index is 12.2. The first-order valence-electron chi connectivity index (χ1n) is 7.40. The van der Waals surface area contributed by atoms with Crippen molar-refractivity contribution >= 4 is 40.8 Å². The standard InChI is InChI=1S/C18H17ClN2O4/c1-10-8-11(2)15(13(19)9-10)21-17(23)16(22)20-14-7-5-4-6-12(14)18(24)25-3/h4-9H,1-3H3,(H,20,22)(H,21,23). The minimum Gasteiger partial charge on any atom is -0.465 e. The normalized spacial score (nSPS) is 10.1. The number of para-hydroxylation sites is 1. The average molecular weight is 361 g/mol. The molecule has 0 aliphatic rings. The van der Waals surface area contributed by atoms with Gasteiger partial charge in [-0.25, -0.2) is 4.79 Å². The van der Waals surface area contributed by atoms with E-state index in [-0.39, 0.29) is 11.3 Å². The number of benzene rings is 2. The monoisotopic (exact) mass is 360 g/mol. The van der Waals surface area contributed by atoms with E-state index in [1.54, 1.807) is 25.1 Å². The predicted octanol–water partition coefficient (Wildman–Crippen LogP) is 3.32. The molecule has 0 aromatic heterocycles. The van der Waals surface area contributed by atoms with Gasteiger partial charge in [0.2, 0.25) is 0 Å². The van der Waals surface area contributed by atoms with E-state index in [0.717, 1.165) is 11.1 Å². The minimum atomic E-state index is -0.924. The van der Waals surface area contributed by atoms with Gasteiger partial charge in [-0.2, -0.15) is 0 Å². The van der Waals surface area contributed by atoms with E-state index >= 15 is 0 Å². The number of nitrogens with one attached hydrogen (secondary N) is 2. The summed E-state index contributed by atoms with van der Waals surface area (Å²) in [6.07, 6.45) is 0. The molecule has 2 aromatic rings. The van der Waals surface area contributed by atoms with E-state index in [9.17, 15) is 14.4 Å². The van der Waals surface area contributed by atoms with Gasteiger partial charge < -0.3 is 15.4 Å². The molecule has 2 aromatic carbocycles. The summed E-state index contributed by atoms with van der Waals surface area (Å²) < 4.78 is 4.65. The largest absolute Gasteiger partial charge is 0.465 e. The fourth-order valence-electron chi connectivity index (χ4n) is 2.30. The number of anilines is 2. The Hall–Kier alpha value is -2.86. The minimum absolute atomic E-state index is 0.149. The van der Waals surface area contributed by atoms with Crippen molar-refractivity contribution in [3.63, 3.8) is 0 Å². The van der Waals surface area contributed by atoms with Crippen LogP contribution in [0.15, 0.2) is 36.4 Å². The zero-order valence-electron chi connectivity index (χ0n) is 14.0. The van der Waals surface area contributed by atoms with Gasteiger partial charge in [-0.05, 0) is 43.2 Å². The Balaban J connectivity index is 2.17. The highest BCUT2D eigenvalue weighted by atomic mass is 35.5. The van der Waals surface area contributed by atoms with Gasteiger partial charge in [0.25, 0.3) is 0 Å². The van der Waals surface area contributed by atoms with Crippen LogP contribution < -0.4 is 10.6 Å².